The van der Waals surface area contributed by atoms with E-state index in [1.807, 2.05) is 0 Å². The number of aliphatic hydroxyl groups is 1. The van der Waals surface area contributed by atoms with E-state index in [2.05, 4.69) is 0 Å². The van der Waals surface area contributed by atoms with Crippen molar-refractivity contribution in [2.45, 2.75) is 44.6 Å². The molecule has 3 nitrogen and oxygen atoms in total. The Labute approximate surface area is 138 Å². The van der Waals surface area contributed by atoms with Crippen molar-refractivity contribution >= 4 is 40.8 Å². The van der Waals surface area contributed by atoms with Crippen LogP contribution < -0.4 is 0 Å². The predicted molar refractivity (Wildman–Crippen MR) is 84.2 cm³/mol. The molecule has 1 fully saturated rings. The average molecular weight is 352 g/mol. The Kier molecular flexibility index (Phi) is 5.42. The molecule has 0 aliphatic heterocycles. The lowest BCUT2D eigenvalue weighted by atomic mass is 9.76. The van der Waals surface area contributed by atoms with Crippen LogP contribution in [0.25, 0.3) is 0 Å². The highest BCUT2D eigenvalue weighted by Crippen LogP contribution is 2.48. The number of halogens is 3. The summed E-state index contributed by atoms with van der Waals surface area (Å²) in [5.41, 5.74) is 0.0526. The van der Waals surface area contributed by atoms with Gasteiger partial charge in [-0.25, -0.2) is 0 Å². The molecule has 21 heavy (non-hydrogen) atoms. The third-order valence-corrected chi connectivity index (χ3v) is 5.04. The fourth-order valence-corrected chi connectivity index (χ4v) is 4.35. The molecule has 0 radical (unpaired) electrons. The topological polar surface area (TPSA) is 57.5 Å². The van der Waals surface area contributed by atoms with E-state index in [0.717, 1.165) is 25.7 Å². The summed E-state index contributed by atoms with van der Waals surface area (Å²) in [6.45, 7) is 0. The van der Waals surface area contributed by atoms with E-state index >= 15 is 0 Å². The van der Waals surface area contributed by atoms with Crippen molar-refractivity contribution in [3.05, 3.63) is 32.8 Å². The summed E-state index contributed by atoms with van der Waals surface area (Å²) < 4.78 is 0. The van der Waals surface area contributed by atoms with E-state index in [1.165, 1.54) is 12.1 Å². The van der Waals surface area contributed by atoms with Gasteiger partial charge in [0, 0.05) is 20.6 Å². The largest absolute Gasteiger partial charge is 0.481 e. The van der Waals surface area contributed by atoms with Crippen LogP contribution in [0.2, 0.25) is 15.1 Å². The molecule has 116 valence electrons. The number of aliphatic carboxylic acids is 1. The Hall–Kier alpha value is -0.480. The van der Waals surface area contributed by atoms with Gasteiger partial charge in [-0.2, -0.15) is 0 Å². The summed E-state index contributed by atoms with van der Waals surface area (Å²) in [5, 5.41) is 20.6. The predicted octanol–water partition coefficient (Wildman–Crippen LogP) is 5.11. The van der Waals surface area contributed by atoms with Gasteiger partial charge in [0.25, 0.3) is 0 Å². The molecule has 1 aliphatic carbocycles. The highest BCUT2D eigenvalue weighted by molar-refractivity contribution is 6.39. The Morgan fingerprint density at radius 1 is 1.19 bits per heavy atom. The molecule has 0 saturated heterocycles. The molecule has 1 saturated carbocycles. The number of carboxylic acid groups (broad SMARTS) is 1. The molecule has 2 N–H and O–H groups in total. The van der Waals surface area contributed by atoms with Crippen molar-refractivity contribution in [1.29, 1.82) is 0 Å². The van der Waals surface area contributed by atoms with Crippen molar-refractivity contribution < 1.29 is 15.0 Å². The first-order valence-electron chi connectivity index (χ1n) is 6.87. The van der Waals surface area contributed by atoms with Crippen LogP contribution in [-0.4, -0.2) is 16.2 Å². The summed E-state index contributed by atoms with van der Waals surface area (Å²) >= 11 is 18.1. The Balaban J connectivity index is 2.23. The highest BCUT2D eigenvalue weighted by Gasteiger charge is 2.38. The van der Waals surface area contributed by atoms with Crippen molar-refractivity contribution in [2.75, 3.05) is 0 Å². The lowest BCUT2D eigenvalue weighted by molar-refractivity contribution is -0.140. The smallest absolute Gasteiger partial charge is 0.303 e. The molecule has 1 aromatic carbocycles. The molecular formula is C15H17Cl3O3. The van der Waals surface area contributed by atoms with Gasteiger partial charge < -0.3 is 10.2 Å². The maximum Gasteiger partial charge on any atom is 0.303 e. The maximum atomic E-state index is 11.1. The van der Waals surface area contributed by atoms with E-state index < -0.39 is 12.1 Å². The molecule has 0 heterocycles. The van der Waals surface area contributed by atoms with Gasteiger partial charge in [0.1, 0.15) is 0 Å². The molecule has 0 bridgehead atoms. The fraction of sp³-hybridized carbons (Fsp3) is 0.533. The van der Waals surface area contributed by atoms with Gasteiger partial charge in [-0.15, -0.1) is 0 Å². The number of rotatable bonds is 5. The lowest BCUT2D eigenvalue weighted by Gasteiger charge is -2.30. The molecule has 2 rings (SSSR count). The summed E-state index contributed by atoms with van der Waals surface area (Å²) in [4.78, 5) is 11.1. The van der Waals surface area contributed by atoms with E-state index in [0.29, 0.717) is 27.1 Å². The SMILES string of the molecule is O=C(O)CC1(CC(O)c2c(Cl)cc(Cl)cc2Cl)CCCC1. The molecule has 1 aliphatic rings. The summed E-state index contributed by atoms with van der Waals surface area (Å²) in [6.07, 6.45) is 3.11. The molecular weight excluding hydrogens is 335 g/mol. The molecule has 6 heteroatoms. The highest BCUT2D eigenvalue weighted by atomic mass is 35.5. The van der Waals surface area contributed by atoms with Gasteiger partial charge in [0.2, 0.25) is 0 Å². The van der Waals surface area contributed by atoms with Crippen LogP contribution in [0.4, 0.5) is 0 Å². The van der Waals surface area contributed by atoms with E-state index in [4.69, 9.17) is 39.9 Å². The molecule has 1 aromatic rings. The molecule has 0 amide bonds. The number of carboxylic acids is 1. The van der Waals surface area contributed by atoms with Crippen molar-refractivity contribution in [3.8, 4) is 0 Å². The standard InChI is InChI=1S/C15H17Cl3O3/c16-9-5-10(17)14(11(18)6-9)12(19)7-15(8-13(20)21)3-1-2-4-15/h5-6,12,19H,1-4,7-8H2,(H,20,21). The van der Waals surface area contributed by atoms with Crippen LogP contribution in [0.1, 0.15) is 50.2 Å². The third kappa shape index (κ3) is 4.04. The fourth-order valence-electron chi connectivity index (χ4n) is 3.28. The number of hydrogen-bond donors (Lipinski definition) is 2. The average Bonchev–Trinajstić information content (AvgIpc) is 2.74. The molecule has 1 unspecified atom stereocenters. The minimum absolute atomic E-state index is 0.0624. The minimum Gasteiger partial charge on any atom is -0.481 e. The maximum absolute atomic E-state index is 11.1. The second-order valence-electron chi connectivity index (χ2n) is 5.78. The van der Waals surface area contributed by atoms with Crippen LogP contribution in [0, 0.1) is 5.41 Å². The van der Waals surface area contributed by atoms with Gasteiger partial charge >= 0.3 is 5.97 Å². The molecule has 1 atom stereocenters. The number of carbonyl (C=O) groups is 1. The lowest BCUT2D eigenvalue weighted by Crippen LogP contribution is -2.24. The van der Waals surface area contributed by atoms with Crippen molar-refractivity contribution in [3.63, 3.8) is 0 Å². The first-order valence-corrected chi connectivity index (χ1v) is 8.01. The van der Waals surface area contributed by atoms with Crippen LogP contribution in [0.3, 0.4) is 0 Å². The molecule has 0 aromatic heterocycles. The third-order valence-electron chi connectivity index (χ3n) is 4.19. The van der Waals surface area contributed by atoms with E-state index in [1.54, 1.807) is 0 Å². The first-order chi connectivity index (χ1) is 9.83. The van der Waals surface area contributed by atoms with Crippen LogP contribution in [-0.2, 0) is 4.79 Å². The van der Waals surface area contributed by atoms with Crippen molar-refractivity contribution in [2.24, 2.45) is 5.41 Å². The van der Waals surface area contributed by atoms with Gasteiger partial charge in [-0.3, -0.25) is 4.79 Å². The summed E-state index contributed by atoms with van der Waals surface area (Å²) in [7, 11) is 0. The zero-order chi connectivity index (χ0) is 15.6. The number of hydrogen-bond acceptors (Lipinski definition) is 2. The van der Waals surface area contributed by atoms with Crippen LogP contribution in [0.15, 0.2) is 12.1 Å². The number of benzene rings is 1. The van der Waals surface area contributed by atoms with E-state index in [-0.39, 0.29) is 11.8 Å². The van der Waals surface area contributed by atoms with Crippen molar-refractivity contribution in [1.82, 2.24) is 0 Å². The first kappa shape index (κ1) is 16.9. The van der Waals surface area contributed by atoms with E-state index in [9.17, 15) is 9.90 Å². The Bertz CT molecular complexity index is 516. The van der Waals surface area contributed by atoms with Gasteiger partial charge in [0.05, 0.1) is 12.5 Å². The monoisotopic (exact) mass is 350 g/mol. The van der Waals surface area contributed by atoms with Crippen LogP contribution in [0.5, 0.6) is 0 Å². The normalized spacial score (nSPS) is 18.7. The zero-order valence-corrected chi connectivity index (χ0v) is 13.7. The Morgan fingerprint density at radius 3 is 2.19 bits per heavy atom. The van der Waals surface area contributed by atoms with Gasteiger partial charge in [-0.05, 0) is 36.8 Å². The minimum atomic E-state index is -0.889. The quantitative estimate of drug-likeness (QED) is 0.775. The second kappa shape index (κ2) is 6.74. The van der Waals surface area contributed by atoms with Crippen LogP contribution >= 0.6 is 34.8 Å². The second-order valence-corrected chi connectivity index (χ2v) is 7.03. The Morgan fingerprint density at radius 2 is 1.71 bits per heavy atom. The molecule has 0 spiro atoms. The van der Waals surface area contributed by atoms with Gasteiger partial charge in [-0.1, -0.05) is 47.6 Å². The summed E-state index contributed by atoms with van der Waals surface area (Å²) in [5.74, 6) is -0.836. The number of aliphatic hydroxyl groups excluding tert-OH is 1. The zero-order valence-electron chi connectivity index (χ0n) is 11.4. The van der Waals surface area contributed by atoms with Gasteiger partial charge in [0.15, 0.2) is 0 Å². The summed E-state index contributed by atoms with van der Waals surface area (Å²) in [6, 6.07) is 3.07.